The van der Waals surface area contributed by atoms with Gasteiger partial charge >= 0.3 is 6.09 Å². The van der Waals surface area contributed by atoms with Crippen molar-refractivity contribution in [2.24, 2.45) is 4.99 Å². The Bertz CT molecular complexity index is 1040. The number of hydrogen-bond donors (Lipinski definition) is 1. The lowest BCUT2D eigenvalue weighted by Gasteiger charge is -2.36. The number of hydrogen-bond acceptors (Lipinski definition) is 6. The molecule has 2 amide bonds. The van der Waals surface area contributed by atoms with Crippen LogP contribution in [0.4, 0.5) is 4.79 Å². The topological polar surface area (TPSA) is 97.0 Å². The highest BCUT2D eigenvalue weighted by Gasteiger charge is 2.47. The molecule has 1 fully saturated rings. The van der Waals surface area contributed by atoms with Gasteiger partial charge in [-0.15, -0.1) is 0 Å². The van der Waals surface area contributed by atoms with Crippen molar-refractivity contribution < 1.29 is 18.8 Å². The third-order valence-corrected chi connectivity index (χ3v) is 5.68. The summed E-state index contributed by atoms with van der Waals surface area (Å²) in [6, 6.07) is 7.83. The first-order valence-electron chi connectivity index (χ1n) is 10.5. The van der Waals surface area contributed by atoms with Crippen LogP contribution < -0.4 is 5.32 Å². The molecule has 0 unspecified atom stereocenters. The normalized spacial score (nSPS) is 18.2. The van der Waals surface area contributed by atoms with Crippen molar-refractivity contribution >= 4 is 17.8 Å². The number of benzene rings is 1. The van der Waals surface area contributed by atoms with Gasteiger partial charge in [-0.05, 0) is 59.1 Å². The van der Waals surface area contributed by atoms with Crippen molar-refractivity contribution in [1.82, 2.24) is 15.4 Å². The number of aryl methyl sites for hydroxylation is 2. The van der Waals surface area contributed by atoms with E-state index in [0.717, 1.165) is 28.1 Å². The van der Waals surface area contributed by atoms with Gasteiger partial charge in [-0.1, -0.05) is 23.4 Å². The highest BCUT2D eigenvalue weighted by Crippen LogP contribution is 2.33. The van der Waals surface area contributed by atoms with Gasteiger partial charge in [-0.3, -0.25) is 9.79 Å². The van der Waals surface area contributed by atoms with E-state index in [9.17, 15) is 9.59 Å². The van der Waals surface area contributed by atoms with E-state index < -0.39 is 11.1 Å². The standard InChI is InChI=1S/C23H28N4O4/c1-14-18(15(2)31-26-14)16-7-6-8-17(13-16)19-24-20(28)23(25-19)9-11-27(12-10-23)21(29)30-22(3,4)5/h6-8,13H,9-12H2,1-5H3,(H,24,25,28). The molecular formula is C23H28N4O4. The highest BCUT2D eigenvalue weighted by atomic mass is 16.6. The van der Waals surface area contributed by atoms with E-state index in [4.69, 9.17) is 14.3 Å². The Balaban J connectivity index is 1.54. The van der Waals surface area contributed by atoms with Gasteiger partial charge in [0.1, 0.15) is 22.7 Å². The maximum absolute atomic E-state index is 12.9. The smallest absolute Gasteiger partial charge is 0.410 e. The number of nitrogens with one attached hydrogen (secondary N) is 1. The van der Waals surface area contributed by atoms with E-state index in [0.29, 0.717) is 31.8 Å². The van der Waals surface area contributed by atoms with Crippen LogP contribution in [0.5, 0.6) is 0 Å². The van der Waals surface area contributed by atoms with E-state index >= 15 is 0 Å². The summed E-state index contributed by atoms with van der Waals surface area (Å²) < 4.78 is 10.7. The molecule has 8 nitrogen and oxygen atoms in total. The van der Waals surface area contributed by atoms with Crippen LogP contribution in [0.3, 0.4) is 0 Å². The second-order valence-electron chi connectivity index (χ2n) is 9.19. The Morgan fingerprint density at radius 2 is 1.87 bits per heavy atom. The zero-order valence-electron chi connectivity index (χ0n) is 18.6. The van der Waals surface area contributed by atoms with E-state index in [1.54, 1.807) is 4.90 Å². The summed E-state index contributed by atoms with van der Waals surface area (Å²) in [5.74, 6) is 1.19. The molecule has 0 saturated carbocycles. The Morgan fingerprint density at radius 1 is 1.19 bits per heavy atom. The van der Waals surface area contributed by atoms with Crippen LogP contribution in [0.25, 0.3) is 11.1 Å². The van der Waals surface area contributed by atoms with Crippen LogP contribution in [0.1, 0.15) is 50.6 Å². The summed E-state index contributed by atoms with van der Waals surface area (Å²) >= 11 is 0. The fourth-order valence-corrected chi connectivity index (χ4v) is 4.10. The van der Waals surface area contributed by atoms with Crippen LogP contribution in [-0.4, -0.2) is 52.1 Å². The van der Waals surface area contributed by atoms with Gasteiger partial charge in [-0.2, -0.15) is 0 Å². The van der Waals surface area contributed by atoms with E-state index in [1.165, 1.54) is 0 Å². The predicted octanol–water partition coefficient (Wildman–Crippen LogP) is 3.60. The number of ether oxygens (including phenoxy) is 1. The van der Waals surface area contributed by atoms with Gasteiger partial charge < -0.3 is 19.5 Å². The Hall–Kier alpha value is -3.16. The molecule has 1 spiro atoms. The zero-order chi connectivity index (χ0) is 22.4. The number of aliphatic imine (C=N–C) groups is 1. The SMILES string of the molecule is Cc1noc(C)c1-c1cccc(C2=NC3(CCN(C(=O)OC(C)(C)C)CC3)C(=O)N2)c1. The summed E-state index contributed by atoms with van der Waals surface area (Å²) in [5.41, 5.74) is 2.18. The third-order valence-electron chi connectivity index (χ3n) is 5.68. The van der Waals surface area contributed by atoms with Gasteiger partial charge in [-0.25, -0.2) is 4.79 Å². The number of piperidine rings is 1. The largest absolute Gasteiger partial charge is 0.444 e. The molecule has 1 aromatic heterocycles. The second-order valence-corrected chi connectivity index (χ2v) is 9.19. The molecule has 164 valence electrons. The Morgan fingerprint density at radius 3 is 2.48 bits per heavy atom. The number of amidine groups is 1. The number of rotatable bonds is 2. The van der Waals surface area contributed by atoms with Crippen molar-refractivity contribution in [2.75, 3.05) is 13.1 Å². The number of likely N-dealkylation sites (tertiary alicyclic amines) is 1. The molecule has 1 aromatic carbocycles. The molecule has 2 aliphatic rings. The lowest BCUT2D eigenvalue weighted by atomic mass is 9.88. The second kappa shape index (κ2) is 7.51. The molecule has 2 aliphatic heterocycles. The van der Waals surface area contributed by atoms with Crippen molar-refractivity contribution in [1.29, 1.82) is 0 Å². The molecule has 1 saturated heterocycles. The first-order chi connectivity index (χ1) is 14.6. The van der Waals surface area contributed by atoms with Crippen LogP contribution >= 0.6 is 0 Å². The molecule has 1 N–H and O–H groups in total. The molecule has 8 heteroatoms. The van der Waals surface area contributed by atoms with Gasteiger partial charge in [0.05, 0.1) is 5.69 Å². The highest BCUT2D eigenvalue weighted by molar-refractivity contribution is 6.15. The number of carbonyl (C=O) groups excluding carboxylic acids is 2. The molecule has 0 atom stereocenters. The molecule has 31 heavy (non-hydrogen) atoms. The van der Waals surface area contributed by atoms with Crippen LogP contribution in [-0.2, 0) is 9.53 Å². The first kappa shape index (κ1) is 21.1. The summed E-state index contributed by atoms with van der Waals surface area (Å²) in [5, 5.41) is 6.98. The molecule has 0 aliphatic carbocycles. The summed E-state index contributed by atoms with van der Waals surface area (Å²) in [7, 11) is 0. The minimum atomic E-state index is -0.840. The predicted molar refractivity (Wildman–Crippen MR) is 116 cm³/mol. The number of aromatic nitrogens is 1. The molecule has 0 radical (unpaired) electrons. The van der Waals surface area contributed by atoms with E-state index in [-0.39, 0.29) is 12.0 Å². The van der Waals surface area contributed by atoms with Gasteiger partial charge in [0, 0.05) is 24.2 Å². The maximum atomic E-state index is 12.9. The van der Waals surface area contributed by atoms with Crippen molar-refractivity contribution in [3.63, 3.8) is 0 Å². The van der Waals surface area contributed by atoms with E-state index in [1.807, 2.05) is 58.9 Å². The lowest BCUT2D eigenvalue weighted by molar-refractivity contribution is -0.125. The Labute approximate surface area is 181 Å². The monoisotopic (exact) mass is 424 g/mol. The van der Waals surface area contributed by atoms with Crippen LogP contribution in [0.2, 0.25) is 0 Å². The third kappa shape index (κ3) is 4.06. The Kier molecular flexibility index (Phi) is 5.11. The minimum Gasteiger partial charge on any atom is -0.444 e. The molecule has 0 bridgehead atoms. The first-order valence-corrected chi connectivity index (χ1v) is 10.5. The van der Waals surface area contributed by atoms with Crippen LogP contribution in [0.15, 0.2) is 33.8 Å². The van der Waals surface area contributed by atoms with Crippen molar-refractivity contribution in [2.45, 2.75) is 58.6 Å². The van der Waals surface area contributed by atoms with Gasteiger partial charge in [0.2, 0.25) is 0 Å². The van der Waals surface area contributed by atoms with Crippen molar-refractivity contribution in [3.05, 3.63) is 41.3 Å². The number of carbonyl (C=O) groups is 2. The average molecular weight is 425 g/mol. The molecule has 3 heterocycles. The quantitative estimate of drug-likeness (QED) is 0.794. The van der Waals surface area contributed by atoms with Gasteiger partial charge in [0.15, 0.2) is 0 Å². The maximum Gasteiger partial charge on any atom is 0.410 e. The summed E-state index contributed by atoms with van der Waals surface area (Å²) in [6.07, 6.45) is 0.577. The summed E-state index contributed by atoms with van der Waals surface area (Å²) in [6.45, 7) is 10.2. The average Bonchev–Trinajstić information content (AvgIpc) is 3.20. The summed E-state index contributed by atoms with van der Waals surface area (Å²) in [4.78, 5) is 31.7. The van der Waals surface area contributed by atoms with Crippen molar-refractivity contribution in [3.8, 4) is 11.1 Å². The fraction of sp³-hybridized carbons (Fsp3) is 0.478. The number of amides is 2. The molecule has 4 rings (SSSR count). The lowest BCUT2D eigenvalue weighted by Crippen LogP contribution is -2.51. The van der Waals surface area contributed by atoms with Gasteiger partial charge in [0.25, 0.3) is 5.91 Å². The fourth-order valence-electron chi connectivity index (χ4n) is 4.10. The number of nitrogens with zero attached hydrogens (tertiary/aromatic N) is 3. The molecule has 2 aromatic rings. The van der Waals surface area contributed by atoms with E-state index in [2.05, 4.69) is 10.5 Å². The minimum absolute atomic E-state index is 0.117. The molecular weight excluding hydrogens is 396 g/mol. The van der Waals surface area contributed by atoms with Crippen LogP contribution in [0, 0.1) is 13.8 Å². The zero-order valence-corrected chi connectivity index (χ0v) is 18.6.